The van der Waals surface area contributed by atoms with Crippen LogP contribution in [0.15, 0.2) is 24.3 Å². The summed E-state index contributed by atoms with van der Waals surface area (Å²) in [5, 5.41) is 13.7. The van der Waals surface area contributed by atoms with Crippen LogP contribution in [0.2, 0.25) is 0 Å². The van der Waals surface area contributed by atoms with E-state index in [2.05, 4.69) is 32.1 Å². The SMILES string of the molecule is CCN1CCCC(Nc2nc3nc(-c4c(C)cc(C(F)(F)F)cc4O)ccc3[nH]2)C1. The lowest BCUT2D eigenvalue weighted by Gasteiger charge is -2.32. The van der Waals surface area contributed by atoms with Crippen LogP contribution in [-0.4, -0.2) is 50.6 Å². The van der Waals surface area contributed by atoms with Crippen molar-refractivity contribution in [3.05, 3.63) is 35.4 Å². The standard InChI is InChI=1S/C21H24F3N5O/c1-3-29-8-4-5-14(11-29)25-20-27-16-7-6-15(26-19(16)28-20)18-12(2)9-13(10-17(18)30)21(22,23)24/h6-7,9-10,14,30H,3-5,8,11H2,1-2H3,(H2,25,26,27,28). The number of hydrogen-bond acceptors (Lipinski definition) is 5. The molecule has 4 rings (SSSR count). The second-order valence-corrected chi connectivity index (χ2v) is 7.71. The van der Waals surface area contributed by atoms with Gasteiger partial charge < -0.3 is 20.3 Å². The predicted molar refractivity (Wildman–Crippen MR) is 109 cm³/mol. The molecule has 3 heterocycles. The predicted octanol–water partition coefficient (Wildman–Crippen LogP) is 4.55. The van der Waals surface area contributed by atoms with E-state index in [1.165, 1.54) is 6.92 Å². The minimum Gasteiger partial charge on any atom is -0.507 e. The van der Waals surface area contributed by atoms with Gasteiger partial charge in [-0.3, -0.25) is 0 Å². The van der Waals surface area contributed by atoms with Gasteiger partial charge in [-0.05, 0) is 62.7 Å². The van der Waals surface area contributed by atoms with E-state index < -0.39 is 17.5 Å². The minimum atomic E-state index is -4.52. The number of likely N-dealkylation sites (tertiary alicyclic amines) is 1. The largest absolute Gasteiger partial charge is 0.507 e. The Morgan fingerprint density at radius 3 is 2.77 bits per heavy atom. The number of phenols is 1. The lowest BCUT2D eigenvalue weighted by molar-refractivity contribution is -0.137. The summed E-state index contributed by atoms with van der Waals surface area (Å²) in [7, 11) is 0. The van der Waals surface area contributed by atoms with Gasteiger partial charge in [-0.1, -0.05) is 6.92 Å². The number of phenolic OH excluding ortho intramolecular Hbond substituents is 1. The van der Waals surface area contributed by atoms with E-state index in [9.17, 15) is 18.3 Å². The summed E-state index contributed by atoms with van der Waals surface area (Å²) in [5.41, 5.74) is 1.21. The number of H-pyrrole nitrogens is 1. The Hall–Kier alpha value is -2.81. The third kappa shape index (κ3) is 4.07. The number of aromatic amines is 1. The van der Waals surface area contributed by atoms with Crippen LogP contribution in [-0.2, 0) is 6.18 Å². The Morgan fingerprint density at radius 2 is 2.07 bits per heavy atom. The normalized spacial score (nSPS) is 18.1. The van der Waals surface area contributed by atoms with Crippen molar-refractivity contribution in [3.8, 4) is 17.0 Å². The van der Waals surface area contributed by atoms with E-state index in [1.54, 1.807) is 12.1 Å². The molecule has 0 aliphatic carbocycles. The summed E-state index contributed by atoms with van der Waals surface area (Å²) < 4.78 is 38.9. The maximum atomic E-state index is 13.0. The van der Waals surface area contributed by atoms with Crippen LogP contribution in [0.1, 0.15) is 30.9 Å². The second kappa shape index (κ2) is 7.79. The first-order valence-electron chi connectivity index (χ1n) is 10.0. The summed E-state index contributed by atoms with van der Waals surface area (Å²) in [4.78, 5) is 14.6. The summed E-state index contributed by atoms with van der Waals surface area (Å²) in [6.45, 7) is 6.74. The van der Waals surface area contributed by atoms with Crippen molar-refractivity contribution in [2.75, 3.05) is 25.0 Å². The highest BCUT2D eigenvalue weighted by Crippen LogP contribution is 2.38. The van der Waals surface area contributed by atoms with Crippen molar-refractivity contribution in [3.63, 3.8) is 0 Å². The summed E-state index contributed by atoms with van der Waals surface area (Å²) in [6.07, 6.45) is -2.33. The zero-order valence-electron chi connectivity index (χ0n) is 16.8. The number of imidazole rings is 1. The number of likely N-dealkylation sites (N-methyl/N-ethyl adjacent to an activating group) is 1. The number of piperidine rings is 1. The topological polar surface area (TPSA) is 77.1 Å². The number of aryl methyl sites for hydroxylation is 1. The van der Waals surface area contributed by atoms with Gasteiger partial charge in [-0.25, -0.2) is 4.98 Å². The highest BCUT2D eigenvalue weighted by Gasteiger charge is 2.32. The monoisotopic (exact) mass is 419 g/mol. The molecule has 30 heavy (non-hydrogen) atoms. The maximum Gasteiger partial charge on any atom is 0.416 e. The van der Waals surface area contributed by atoms with Crippen molar-refractivity contribution in [1.29, 1.82) is 0 Å². The Bertz CT molecular complexity index is 1040. The fourth-order valence-corrected chi connectivity index (χ4v) is 4.02. The molecule has 0 spiro atoms. The molecular formula is C21H24F3N5O. The summed E-state index contributed by atoms with van der Waals surface area (Å²) in [6, 6.07) is 5.47. The Morgan fingerprint density at radius 1 is 1.27 bits per heavy atom. The van der Waals surface area contributed by atoms with Crippen molar-refractivity contribution >= 4 is 17.1 Å². The van der Waals surface area contributed by atoms with E-state index in [-0.39, 0.29) is 5.56 Å². The quantitative estimate of drug-likeness (QED) is 0.578. The molecule has 1 saturated heterocycles. The minimum absolute atomic E-state index is 0.272. The van der Waals surface area contributed by atoms with Crippen LogP contribution in [0.25, 0.3) is 22.4 Å². The number of nitrogens with zero attached hydrogens (tertiary/aromatic N) is 3. The van der Waals surface area contributed by atoms with Gasteiger partial charge in [0.25, 0.3) is 0 Å². The summed E-state index contributed by atoms with van der Waals surface area (Å²) >= 11 is 0. The van der Waals surface area contributed by atoms with Crippen molar-refractivity contribution in [2.45, 2.75) is 38.9 Å². The van der Waals surface area contributed by atoms with E-state index in [4.69, 9.17) is 0 Å². The number of rotatable bonds is 4. The number of aromatic hydroxyl groups is 1. The molecule has 9 heteroatoms. The van der Waals surface area contributed by atoms with Gasteiger partial charge in [0.05, 0.1) is 16.8 Å². The molecule has 0 bridgehead atoms. The van der Waals surface area contributed by atoms with Gasteiger partial charge >= 0.3 is 6.18 Å². The molecule has 3 N–H and O–H groups in total. The molecule has 0 radical (unpaired) electrons. The van der Waals surface area contributed by atoms with Crippen molar-refractivity contribution < 1.29 is 18.3 Å². The molecule has 1 atom stereocenters. The van der Waals surface area contributed by atoms with E-state index in [1.807, 2.05) is 0 Å². The molecule has 0 amide bonds. The third-order valence-electron chi connectivity index (χ3n) is 5.54. The van der Waals surface area contributed by atoms with Crippen LogP contribution in [0.3, 0.4) is 0 Å². The molecule has 1 aliphatic rings. The van der Waals surface area contributed by atoms with E-state index >= 15 is 0 Å². The molecule has 3 aromatic rings. The number of nitrogens with one attached hydrogen (secondary N) is 2. The van der Waals surface area contributed by atoms with Crippen molar-refractivity contribution in [2.24, 2.45) is 0 Å². The highest BCUT2D eigenvalue weighted by atomic mass is 19.4. The number of benzene rings is 1. The van der Waals surface area contributed by atoms with Crippen LogP contribution in [0.4, 0.5) is 19.1 Å². The van der Waals surface area contributed by atoms with Gasteiger partial charge in [-0.2, -0.15) is 18.2 Å². The smallest absolute Gasteiger partial charge is 0.416 e. The number of hydrogen-bond donors (Lipinski definition) is 3. The molecule has 1 fully saturated rings. The van der Waals surface area contributed by atoms with Gasteiger partial charge in [0.1, 0.15) is 5.75 Å². The van der Waals surface area contributed by atoms with E-state index in [0.29, 0.717) is 34.4 Å². The molecule has 1 aromatic carbocycles. The van der Waals surface area contributed by atoms with Crippen LogP contribution >= 0.6 is 0 Å². The molecule has 2 aromatic heterocycles. The zero-order valence-corrected chi connectivity index (χ0v) is 16.8. The fourth-order valence-electron chi connectivity index (χ4n) is 4.02. The average molecular weight is 419 g/mol. The first-order chi connectivity index (χ1) is 14.2. The molecule has 6 nitrogen and oxygen atoms in total. The number of pyridine rings is 1. The number of anilines is 1. The molecule has 1 aliphatic heterocycles. The highest BCUT2D eigenvalue weighted by molar-refractivity contribution is 5.80. The van der Waals surface area contributed by atoms with Crippen LogP contribution in [0, 0.1) is 6.92 Å². The molecular weight excluding hydrogens is 395 g/mol. The number of aromatic nitrogens is 3. The van der Waals surface area contributed by atoms with Crippen LogP contribution in [0.5, 0.6) is 5.75 Å². The number of halogens is 3. The molecule has 1 unspecified atom stereocenters. The first-order valence-corrected chi connectivity index (χ1v) is 10.0. The molecule has 0 saturated carbocycles. The van der Waals surface area contributed by atoms with Gasteiger partial charge in [-0.15, -0.1) is 0 Å². The first kappa shape index (κ1) is 20.5. The number of alkyl halides is 3. The lowest BCUT2D eigenvalue weighted by atomic mass is 10.0. The lowest BCUT2D eigenvalue weighted by Crippen LogP contribution is -2.42. The number of fused-ring (bicyclic) bond motifs is 1. The van der Waals surface area contributed by atoms with Crippen molar-refractivity contribution in [1.82, 2.24) is 19.9 Å². The molecule has 160 valence electrons. The Labute approximate surface area is 172 Å². The van der Waals surface area contributed by atoms with Gasteiger partial charge in [0.2, 0.25) is 5.95 Å². The zero-order chi connectivity index (χ0) is 21.5. The Kier molecular flexibility index (Phi) is 5.31. The second-order valence-electron chi connectivity index (χ2n) is 7.71. The third-order valence-corrected chi connectivity index (χ3v) is 5.54. The van der Waals surface area contributed by atoms with E-state index in [0.717, 1.165) is 44.6 Å². The van der Waals surface area contributed by atoms with Crippen LogP contribution < -0.4 is 5.32 Å². The Balaban J connectivity index is 1.62. The fraction of sp³-hybridized carbons (Fsp3) is 0.429. The van der Waals surface area contributed by atoms with Gasteiger partial charge in [0, 0.05) is 18.2 Å². The maximum absolute atomic E-state index is 13.0. The average Bonchev–Trinajstić information content (AvgIpc) is 3.08. The summed E-state index contributed by atoms with van der Waals surface area (Å²) in [5.74, 6) is 0.163. The van der Waals surface area contributed by atoms with Gasteiger partial charge in [0.15, 0.2) is 5.65 Å².